The number of para-hydroxylation sites is 2. The van der Waals surface area contributed by atoms with Crippen molar-refractivity contribution in [1.29, 1.82) is 0 Å². The molecule has 5 heteroatoms. The van der Waals surface area contributed by atoms with Crippen LogP contribution in [0.2, 0.25) is 0 Å². The fourth-order valence-electron chi connectivity index (χ4n) is 3.60. The van der Waals surface area contributed by atoms with Crippen molar-refractivity contribution >= 4 is 17.5 Å². The van der Waals surface area contributed by atoms with E-state index in [0.717, 1.165) is 5.56 Å². The zero-order valence-electron chi connectivity index (χ0n) is 15.2. The van der Waals surface area contributed by atoms with Crippen LogP contribution in [0.15, 0.2) is 54.6 Å². The Morgan fingerprint density at radius 3 is 2.23 bits per heavy atom. The largest absolute Gasteiger partial charge is 0.495 e. The van der Waals surface area contributed by atoms with Crippen molar-refractivity contribution in [1.82, 2.24) is 4.90 Å². The summed E-state index contributed by atoms with van der Waals surface area (Å²) in [6.45, 7) is 2.72. The Kier molecular flexibility index (Phi) is 5.26. The molecule has 3 rings (SSSR count). The molecule has 0 bridgehead atoms. The SMILES string of the molecule is COc1ccccc1NC(=O)C1(c2ccccc2)CCN(C(C)=O)CC1. The maximum atomic E-state index is 13.4. The van der Waals surface area contributed by atoms with Gasteiger partial charge >= 0.3 is 0 Å². The Balaban J connectivity index is 1.91. The molecule has 1 aliphatic rings. The second-order valence-corrected chi connectivity index (χ2v) is 6.61. The minimum Gasteiger partial charge on any atom is -0.495 e. The number of anilines is 1. The van der Waals surface area contributed by atoms with Gasteiger partial charge in [-0.25, -0.2) is 0 Å². The molecule has 0 atom stereocenters. The van der Waals surface area contributed by atoms with Crippen LogP contribution in [-0.2, 0) is 15.0 Å². The van der Waals surface area contributed by atoms with E-state index in [1.54, 1.807) is 18.9 Å². The predicted molar refractivity (Wildman–Crippen MR) is 101 cm³/mol. The van der Waals surface area contributed by atoms with Gasteiger partial charge in [-0.05, 0) is 30.5 Å². The first kappa shape index (κ1) is 18.0. The monoisotopic (exact) mass is 352 g/mol. The molecule has 1 fully saturated rings. The van der Waals surface area contributed by atoms with Gasteiger partial charge in [-0.2, -0.15) is 0 Å². The molecule has 0 radical (unpaired) electrons. The third kappa shape index (κ3) is 3.43. The minimum atomic E-state index is -0.659. The van der Waals surface area contributed by atoms with Crippen molar-refractivity contribution in [2.45, 2.75) is 25.2 Å². The number of likely N-dealkylation sites (tertiary alicyclic amines) is 1. The number of piperidine rings is 1. The molecule has 2 amide bonds. The van der Waals surface area contributed by atoms with Crippen LogP contribution in [-0.4, -0.2) is 36.9 Å². The number of carbonyl (C=O) groups excluding carboxylic acids is 2. The fourth-order valence-corrected chi connectivity index (χ4v) is 3.60. The van der Waals surface area contributed by atoms with Crippen molar-refractivity contribution in [3.8, 4) is 5.75 Å². The average molecular weight is 352 g/mol. The van der Waals surface area contributed by atoms with E-state index in [9.17, 15) is 9.59 Å². The molecule has 0 aromatic heterocycles. The molecule has 136 valence electrons. The van der Waals surface area contributed by atoms with E-state index in [1.165, 1.54) is 0 Å². The highest BCUT2D eigenvalue weighted by Crippen LogP contribution is 2.37. The van der Waals surface area contributed by atoms with E-state index < -0.39 is 5.41 Å². The van der Waals surface area contributed by atoms with Gasteiger partial charge in [0.25, 0.3) is 0 Å². The number of hydrogen-bond donors (Lipinski definition) is 1. The van der Waals surface area contributed by atoms with Gasteiger partial charge in [0.15, 0.2) is 0 Å². The first-order valence-electron chi connectivity index (χ1n) is 8.82. The van der Waals surface area contributed by atoms with Crippen molar-refractivity contribution in [3.05, 3.63) is 60.2 Å². The third-order valence-corrected chi connectivity index (χ3v) is 5.18. The third-order valence-electron chi connectivity index (χ3n) is 5.18. The van der Waals surface area contributed by atoms with Crippen LogP contribution < -0.4 is 10.1 Å². The van der Waals surface area contributed by atoms with Crippen molar-refractivity contribution in [2.24, 2.45) is 0 Å². The van der Waals surface area contributed by atoms with Crippen LogP contribution in [0.4, 0.5) is 5.69 Å². The van der Waals surface area contributed by atoms with Gasteiger partial charge in [0.1, 0.15) is 5.75 Å². The van der Waals surface area contributed by atoms with E-state index in [4.69, 9.17) is 4.74 Å². The summed E-state index contributed by atoms with van der Waals surface area (Å²) in [6.07, 6.45) is 1.19. The van der Waals surface area contributed by atoms with Crippen LogP contribution in [0, 0.1) is 0 Å². The molecule has 0 spiro atoms. The molecule has 1 saturated heterocycles. The van der Waals surface area contributed by atoms with Gasteiger partial charge in [-0.1, -0.05) is 42.5 Å². The average Bonchev–Trinajstić information content (AvgIpc) is 2.69. The van der Waals surface area contributed by atoms with Gasteiger partial charge in [0.2, 0.25) is 11.8 Å². The molecule has 0 saturated carbocycles. The van der Waals surface area contributed by atoms with Crippen LogP contribution >= 0.6 is 0 Å². The lowest BCUT2D eigenvalue weighted by Gasteiger charge is -2.40. The number of nitrogens with zero attached hydrogens (tertiary/aromatic N) is 1. The fraction of sp³-hybridized carbons (Fsp3) is 0.333. The predicted octanol–water partition coefficient (Wildman–Crippen LogP) is 3.21. The Morgan fingerprint density at radius 1 is 1.00 bits per heavy atom. The van der Waals surface area contributed by atoms with Crippen molar-refractivity contribution in [3.63, 3.8) is 0 Å². The Bertz CT molecular complexity index is 781. The van der Waals surface area contributed by atoms with Gasteiger partial charge in [0.05, 0.1) is 18.2 Å². The highest BCUT2D eigenvalue weighted by Gasteiger charge is 2.43. The summed E-state index contributed by atoms with van der Waals surface area (Å²) < 4.78 is 5.35. The lowest BCUT2D eigenvalue weighted by atomic mass is 9.72. The number of nitrogens with one attached hydrogen (secondary N) is 1. The second kappa shape index (κ2) is 7.60. The smallest absolute Gasteiger partial charge is 0.235 e. The number of rotatable bonds is 4. The Morgan fingerprint density at radius 2 is 1.62 bits per heavy atom. The number of amides is 2. The van der Waals surface area contributed by atoms with Gasteiger partial charge in [-0.15, -0.1) is 0 Å². The molecule has 0 aliphatic carbocycles. The topological polar surface area (TPSA) is 58.6 Å². The number of hydrogen-bond acceptors (Lipinski definition) is 3. The van der Waals surface area contributed by atoms with Crippen LogP contribution in [0.5, 0.6) is 5.75 Å². The van der Waals surface area contributed by atoms with E-state index in [1.807, 2.05) is 54.6 Å². The van der Waals surface area contributed by atoms with Gasteiger partial charge in [-0.3, -0.25) is 9.59 Å². The summed E-state index contributed by atoms with van der Waals surface area (Å²) in [5.74, 6) is 0.624. The number of benzene rings is 2. The molecule has 1 aliphatic heterocycles. The lowest BCUT2D eigenvalue weighted by molar-refractivity contribution is -0.133. The first-order chi connectivity index (χ1) is 12.6. The Labute approximate surface area is 154 Å². The summed E-state index contributed by atoms with van der Waals surface area (Å²) in [5, 5.41) is 3.05. The molecule has 26 heavy (non-hydrogen) atoms. The van der Waals surface area contributed by atoms with Crippen LogP contribution in [0.25, 0.3) is 0 Å². The van der Waals surface area contributed by atoms with E-state index in [0.29, 0.717) is 37.4 Å². The van der Waals surface area contributed by atoms with Crippen molar-refractivity contribution < 1.29 is 14.3 Å². The molecule has 2 aromatic rings. The van der Waals surface area contributed by atoms with Crippen LogP contribution in [0.1, 0.15) is 25.3 Å². The summed E-state index contributed by atoms with van der Waals surface area (Å²) in [6, 6.07) is 17.2. The molecule has 0 unspecified atom stereocenters. The minimum absolute atomic E-state index is 0.0526. The molecular formula is C21H24N2O3. The van der Waals surface area contributed by atoms with E-state index >= 15 is 0 Å². The molecular weight excluding hydrogens is 328 g/mol. The standard InChI is InChI=1S/C21H24N2O3/c1-16(24)23-14-12-21(13-15-23,17-8-4-3-5-9-17)20(25)22-18-10-6-7-11-19(18)26-2/h3-11H,12-15H2,1-2H3,(H,22,25). The summed E-state index contributed by atoms with van der Waals surface area (Å²) in [4.78, 5) is 26.9. The van der Waals surface area contributed by atoms with E-state index in [2.05, 4.69) is 5.32 Å². The second-order valence-electron chi connectivity index (χ2n) is 6.61. The van der Waals surface area contributed by atoms with Crippen molar-refractivity contribution in [2.75, 3.05) is 25.5 Å². The summed E-state index contributed by atoms with van der Waals surface area (Å²) >= 11 is 0. The maximum absolute atomic E-state index is 13.4. The molecule has 5 nitrogen and oxygen atoms in total. The maximum Gasteiger partial charge on any atom is 0.235 e. The number of methoxy groups -OCH3 is 1. The Hall–Kier alpha value is -2.82. The highest BCUT2D eigenvalue weighted by atomic mass is 16.5. The molecule has 1 heterocycles. The molecule has 1 N–H and O–H groups in total. The zero-order chi connectivity index (χ0) is 18.6. The van der Waals surface area contributed by atoms with Gasteiger partial charge in [0, 0.05) is 20.0 Å². The zero-order valence-corrected chi connectivity index (χ0v) is 15.2. The highest BCUT2D eigenvalue weighted by molar-refractivity contribution is 6.00. The van der Waals surface area contributed by atoms with Crippen LogP contribution in [0.3, 0.4) is 0 Å². The van der Waals surface area contributed by atoms with Gasteiger partial charge < -0.3 is 15.0 Å². The summed E-state index contributed by atoms with van der Waals surface area (Å²) in [7, 11) is 1.59. The first-order valence-corrected chi connectivity index (χ1v) is 8.82. The number of carbonyl (C=O) groups is 2. The van der Waals surface area contributed by atoms with E-state index in [-0.39, 0.29) is 11.8 Å². The lowest BCUT2D eigenvalue weighted by Crippen LogP contribution is -2.50. The normalized spacial score (nSPS) is 16.0. The summed E-state index contributed by atoms with van der Waals surface area (Å²) in [5.41, 5.74) is 0.980. The molecule has 2 aromatic carbocycles. The number of ether oxygens (including phenoxy) is 1. The quantitative estimate of drug-likeness (QED) is 0.919.